The third-order valence-electron chi connectivity index (χ3n) is 3.60. The van der Waals surface area contributed by atoms with Gasteiger partial charge in [0.2, 0.25) is 0 Å². The van der Waals surface area contributed by atoms with Crippen molar-refractivity contribution in [2.24, 2.45) is 0 Å². The van der Waals surface area contributed by atoms with Gasteiger partial charge in [-0.25, -0.2) is 0 Å². The summed E-state index contributed by atoms with van der Waals surface area (Å²) in [5, 5.41) is 5.84. The zero-order valence-electron chi connectivity index (χ0n) is 12.7. The molecule has 1 atom stereocenters. The summed E-state index contributed by atoms with van der Waals surface area (Å²) in [6.45, 7) is 3.21. The van der Waals surface area contributed by atoms with Gasteiger partial charge in [-0.2, -0.15) is 0 Å². The molecule has 2 amide bonds. The van der Waals surface area contributed by atoms with Gasteiger partial charge in [-0.3, -0.25) is 9.59 Å². The number of hydrogen-bond acceptors (Lipinski definition) is 2. The van der Waals surface area contributed by atoms with Crippen molar-refractivity contribution in [3.63, 3.8) is 0 Å². The van der Waals surface area contributed by atoms with Crippen molar-refractivity contribution in [2.45, 2.75) is 32.4 Å². The van der Waals surface area contributed by atoms with Gasteiger partial charge in [0.05, 0.1) is 7.05 Å². The van der Waals surface area contributed by atoms with E-state index in [0.29, 0.717) is 25.7 Å². The summed E-state index contributed by atoms with van der Waals surface area (Å²) in [7, 11) is 1.86. The lowest BCUT2D eigenvalue weighted by molar-refractivity contribution is -0.862. The lowest BCUT2D eigenvalue weighted by Crippen LogP contribution is -3.11. The Labute approximate surface area is 125 Å². The van der Waals surface area contributed by atoms with E-state index in [1.54, 1.807) is 0 Å². The third kappa shape index (κ3) is 5.55. The fourth-order valence-corrected chi connectivity index (χ4v) is 2.18. The molecule has 0 bridgehead atoms. The highest BCUT2D eigenvalue weighted by Crippen LogP contribution is 2.17. The topological polar surface area (TPSA) is 62.6 Å². The van der Waals surface area contributed by atoms with E-state index < -0.39 is 0 Å². The first-order valence-electron chi connectivity index (χ1n) is 7.46. The summed E-state index contributed by atoms with van der Waals surface area (Å²) in [5.41, 5.74) is 2.29. The summed E-state index contributed by atoms with van der Waals surface area (Å²) < 4.78 is 0. The first-order valence-corrected chi connectivity index (χ1v) is 7.46. The average Bonchev–Trinajstić information content (AvgIpc) is 3.21. The number of nitrogens with one attached hydrogen (secondary N) is 3. The molecule has 1 aliphatic carbocycles. The fourth-order valence-electron chi connectivity index (χ4n) is 2.18. The molecule has 0 radical (unpaired) electrons. The number of likely N-dealkylation sites (N-methyl/N-ethyl adjacent to an activating group) is 1. The maximum absolute atomic E-state index is 11.9. The van der Waals surface area contributed by atoms with Crippen molar-refractivity contribution in [1.82, 2.24) is 10.6 Å². The third-order valence-corrected chi connectivity index (χ3v) is 3.60. The molecule has 0 spiro atoms. The molecular weight excluding hydrogens is 266 g/mol. The molecule has 0 aromatic heterocycles. The van der Waals surface area contributed by atoms with Crippen LogP contribution in [0.15, 0.2) is 24.3 Å². The van der Waals surface area contributed by atoms with Gasteiger partial charge < -0.3 is 15.5 Å². The minimum atomic E-state index is -0.0324. The van der Waals surface area contributed by atoms with Crippen molar-refractivity contribution >= 4 is 11.8 Å². The molecule has 1 aromatic rings. The summed E-state index contributed by atoms with van der Waals surface area (Å²) >= 11 is 0. The lowest BCUT2D eigenvalue weighted by Gasteiger charge is -2.14. The van der Waals surface area contributed by atoms with Crippen LogP contribution in [-0.2, 0) is 16.1 Å². The Morgan fingerprint density at radius 3 is 2.52 bits per heavy atom. The molecule has 1 aliphatic rings. The summed E-state index contributed by atoms with van der Waals surface area (Å²) in [5.74, 6) is -0.00308. The maximum Gasteiger partial charge on any atom is 0.275 e. The number of carbonyl (C=O) groups excluding carboxylic acids is 2. The molecule has 0 heterocycles. The highest BCUT2D eigenvalue weighted by molar-refractivity contribution is 5.79. The minimum absolute atomic E-state index is 0.0294. The van der Waals surface area contributed by atoms with E-state index in [4.69, 9.17) is 0 Å². The smallest absolute Gasteiger partial charge is 0.275 e. The molecule has 5 heteroatoms. The molecule has 0 aliphatic heterocycles. The Morgan fingerprint density at radius 2 is 1.86 bits per heavy atom. The molecule has 0 saturated heterocycles. The second kappa shape index (κ2) is 7.22. The first kappa shape index (κ1) is 15.5. The molecular formula is C16H24N3O2+. The molecule has 1 saturated carbocycles. The standard InChI is InChI=1S/C16H23N3O2/c1-12-5-3-4-6-13(12)9-17-15(20)10-19(2)11-16(21)18-14-7-8-14/h3-6,14H,7-11H2,1-2H3,(H,17,20)(H,18,21)/p+1. The molecule has 114 valence electrons. The highest BCUT2D eigenvalue weighted by Gasteiger charge is 2.24. The van der Waals surface area contributed by atoms with E-state index in [0.717, 1.165) is 23.3 Å². The van der Waals surface area contributed by atoms with E-state index >= 15 is 0 Å². The van der Waals surface area contributed by atoms with Crippen molar-refractivity contribution in [3.05, 3.63) is 35.4 Å². The van der Waals surface area contributed by atoms with Crippen molar-refractivity contribution in [2.75, 3.05) is 20.1 Å². The van der Waals surface area contributed by atoms with Gasteiger partial charge >= 0.3 is 0 Å². The van der Waals surface area contributed by atoms with Crippen LogP contribution < -0.4 is 15.5 Å². The van der Waals surface area contributed by atoms with Crippen molar-refractivity contribution in [1.29, 1.82) is 0 Å². The van der Waals surface area contributed by atoms with E-state index in [9.17, 15) is 9.59 Å². The van der Waals surface area contributed by atoms with Gasteiger partial charge in [-0.1, -0.05) is 24.3 Å². The second-order valence-corrected chi connectivity index (χ2v) is 5.86. The second-order valence-electron chi connectivity index (χ2n) is 5.86. The Kier molecular flexibility index (Phi) is 5.33. The fraction of sp³-hybridized carbons (Fsp3) is 0.500. The van der Waals surface area contributed by atoms with Gasteiger partial charge in [0, 0.05) is 12.6 Å². The minimum Gasteiger partial charge on any atom is -0.348 e. The average molecular weight is 290 g/mol. The van der Waals surface area contributed by atoms with Gasteiger partial charge in [0.15, 0.2) is 13.1 Å². The molecule has 3 N–H and O–H groups in total. The number of hydrogen-bond donors (Lipinski definition) is 3. The quantitative estimate of drug-likeness (QED) is 0.628. The largest absolute Gasteiger partial charge is 0.348 e. The van der Waals surface area contributed by atoms with Crippen LogP contribution in [0, 0.1) is 6.92 Å². The van der Waals surface area contributed by atoms with Crippen molar-refractivity contribution < 1.29 is 14.5 Å². The van der Waals surface area contributed by atoms with Gasteiger partial charge in [-0.05, 0) is 30.9 Å². The van der Waals surface area contributed by atoms with Crippen LogP contribution >= 0.6 is 0 Å². The Hall–Kier alpha value is -1.88. The van der Waals surface area contributed by atoms with E-state index in [1.807, 2.05) is 38.2 Å². The van der Waals surface area contributed by atoms with E-state index in [-0.39, 0.29) is 11.8 Å². The summed E-state index contributed by atoms with van der Waals surface area (Å²) in [4.78, 5) is 24.4. The van der Waals surface area contributed by atoms with E-state index in [2.05, 4.69) is 10.6 Å². The van der Waals surface area contributed by atoms with Crippen LogP contribution in [0.2, 0.25) is 0 Å². The Morgan fingerprint density at radius 1 is 1.19 bits per heavy atom. The van der Waals surface area contributed by atoms with Crippen LogP contribution in [0.25, 0.3) is 0 Å². The lowest BCUT2D eigenvalue weighted by atomic mass is 10.1. The maximum atomic E-state index is 11.9. The SMILES string of the molecule is Cc1ccccc1CNC(=O)C[NH+](C)CC(=O)NC1CC1. The molecule has 5 nitrogen and oxygen atoms in total. The number of rotatable bonds is 7. The number of benzene rings is 1. The number of amides is 2. The van der Waals surface area contributed by atoms with Crippen LogP contribution in [0.1, 0.15) is 24.0 Å². The first-order chi connectivity index (χ1) is 10.0. The van der Waals surface area contributed by atoms with Gasteiger partial charge in [-0.15, -0.1) is 0 Å². The Balaban J connectivity index is 1.68. The van der Waals surface area contributed by atoms with Crippen LogP contribution in [0.3, 0.4) is 0 Å². The zero-order chi connectivity index (χ0) is 15.2. The normalized spacial score (nSPS) is 15.3. The van der Waals surface area contributed by atoms with Crippen LogP contribution in [-0.4, -0.2) is 38.0 Å². The summed E-state index contributed by atoms with van der Waals surface area (Å²) in [6.07, 6.45) is 2.17. The molecule has 21 heavy (non-hydrogen) atoms. The molecule has 1 aromatic carbocycles. The Bertz CT molecular complexity index is 512. The summed E-state index contributed by atoms with van der Waals surface area (Å²) in [6, 6.07) is 8.36. The number of aryl methyl sites for hydroxylation is 1. The van der Waals surface area contributed by atoms with Crippen LogP contribution in [0.5, 0.6) is 0 Å². The molecule has 1 unspecified atom stereocenters. The monoisotopic (exact) mass is 290 g/mol. The van der Waals surface area contributed by atoms with Crippen molar-refractivity contribution in [3.8, 4) is 0 Å². The number of carbonyl (C=O) groups is 2. The van der Waals surface area contributed by atoms with Gasteiger partial charge in [0.25, 0.3) is 11.8 Å². The van der Waals surface area contributed by atoms with E-state index in [1.165, 1.54) is 5.56 Å². The highest BCUT2D eigenvalue weighted by atomic mass is 16.2. The molecule has 2 rings (SSSR count). The zero-order valence-corrected chi connectivity index (χ0v) is 12.7. The predicted octanol–water partition coefficient (Wildman–Crippen LogP) is -0.595. The van der Waals surface area contributed by atoms with Crippen LogP contribution in [0.4, 0.5) is 0 Å². The predicted molar refractivity (Wildman–Crippen MR) is 80.8 cm³/mol. The van der Waals surface area contributed by atoms with Gasteiger partial charge in [0.1, 0.15) is 0 Å². The number of quaternary nitrogens is 1. The molecule has 1 fully saturated rings.